The Bertz CT molecular complexity index is 411. The first kappa shape index (κ1) is 9.15. The van der Waals surface area contributed by atoms with E-state index in [1.54, 1.807) is 24.3 Å². The quantitative estimate of drug-likeness (QED) is 0.688. The third-order valence-electron chi connectivity index (χ3n) is 1.79. The normalized spacial score (nSPS) is 15.4. The molecule has 0 unspecified atom stereocenters. The van der Waals surface area contributed by atoms with Gasteiger partial charge < -0.3 is 0 Å². The Hall–Kier alpha value is -1.42. The number of ketones is 1. The van der Waals surface area contributed by atoms with Crippen molar-refractivity contribution in [3.63, 3.8) is 0 Å². The largest absolute Gasteiger partial charge is 0.286 e. The maximum atomic E-state index is 11.7. The number of aliphatic imine (C=N–C) groups is 1. The molecule has 0 fully saturated rings. The molecule has 0 saturated carbocycles. The number of Topliss-reactive ketones (excluding diaryl/α,β-unsaturated/α-hetero) is 1. The van der Waals surface area contributed by atoms with Crippen LogP contribution in [0, 0.1) is 0 Å². The van der Waals surface area contributed by atoms with Crippen LogP contribution in [0.5, 0.6) is 0 Å². The molecule has 0 aromatic heterocycles. The second-order valence-electron chi connectivity index (χ2n) is 2.79. The van der Waals surface area contributed by atoms with E-state index in [2.05, 4.69) is 4.99 Å². The van der Waals surface area contributed by atoms with Crippen LogP contribution in [0.2, 0.25) is 0 Å². The molecule has 70 valence electrons. The van der Waals surface area contributed by atoms with E-state index < -0.39 is 0 Å². The van der Waals surface area contributed by atoms with Gasteiger partial charge >= 0.3 is 0 Å². The van der Waals surface area contributed by atoms with Crippen molar-refractivity contribution >= 4 is 28.5 Å². The first-order valence-electron chi connectivity index (χ1n) is 4.11. The van der Waals surface area contributed by atoms with Crippen molar-refractivity contribution in [1.82, 2.24) is 0 Å². The lowest BCUT2D eigenvalue weighted by molar-refractivity contribution is -0.115. The first-order chi connectivity index (χ1) is 6.77. The molecule has 0 spiro atoms. The van der Waals surface area contributed by atoms with E-state index in [9.17, 15) is 9.59 Å². The summed E-state index contributed by atoms with van der Waals surface area (Å²) >= 11 is 1.20. The number of carbonyl (C=O) groups excluding carboxylic acids is 2. The lowest BCUT2D eigenvalue weighted by Gasteiger charge is -1.97. The predicted molar refractivity (Wildman–Crippen MR) is 55.7 cm³/mol. The van der Waals surface area contributed by atoms with Gasteiger partial charge in [-0.1, -0.05) is 42.1 Å². The molecule has 1 aliphatic rings. The van der Waals surface area contributed by atoms with Gasteiger partial charge in [-0.15, -0.1) is 0 Å². The van der Waals surface area contributed by atoms with Crippen LogP contribution in [-0.2, 0) is 4.79 Å². The highest BCUT2D eigenvalue weighted by Crippen LogP contribution is 2.17. The van der Waals surface area contributed by atoms with Gasteiger partial charge in [0.05, 0.1) is 5.75 Å². The second-order valence-corrected chi connectivity index (χ2v) is 3.76. The number of thioether (sulfide) groups is 1. The van der Waals surface area contributed by atoms with Crippen LogP contribution in [-0.4, -0.2) is 22.5 Å². The minimum absolute atomic E-state index is 0.165. The molecule has 0 N–H and O–H groups in total. The van der Waals surface area contributed by atoms with Crippen LogP contribution < -0.4 is 0 Å². The topological polar surface area (TPSA) is 46.5 Å². The highest BCUT2D eigenvalue weighted by atomic mass is 32.2. The molecule has 1 amide bonds. The fourth-order valence-corrected chi connectivity index (χ4v) is 1.88. The van der Waals surface area contributed by atoms with E-state index in [1.165, 1.54) is 11.8 Å². The smallest absolute Gasteiger partial charge is 0.257 e. The van der Waals surface area contributed by atoms with Gasteiger partial charge in [-0.3, -0.25) is 9.59 Å². The van der Waals surface area contributed by atoms with Gasteiger partial charge in [0.2, 0.25) is 5.78 Å². The van der Waals surface area contributed by atoms with Crippen LogP contribution >= 0.6 is 11.8 Å². The molecule has 0 radical (unpaired) electrons. The summed E-state index contributed by atoms with van der Waals surface area (Å²) < 4.78 is 0. The zero-order chi connectivity index (χ0) is 9.97. The van der Waals surface area contributed by atoms with E-state index in [0.29, 0.717) is 10.6 Å². The van der Waals surface area contributed by atoms with Crippen LogP contribution in [0.1, 0.15) is 10.4 Å². The number of carbonyl (C=O) groups is 2. The second kappa shape index (κ2) is 3.75. The Balaban J connectivity index is 2.26. The molecule has 2 rings (SSSR count). The van der Waals surface area contributed by atoms with Gasteiger partial charge in [-0.2, -0.15) is 0 Å². The van der Waals surface area contributed by atoms with Crippen molar-refractivity contribution in [2.45, 2.75) is 0 Å². The Labute approximate surface area is 85.2 Å². The van der Waals surface area contributed by atoms with Gasteiger partial charge in [0.1, 0.15) is 5.04 Å². The molecule has 1 aliphatic heterocycles. The number of hydrogen-bond donors (Lipinski definition) is 0. The van der Waals surface area contributed by atoms with Crippen molar-refractivity contribution in [3.05, 3.63) is 35.9 Å². The lowest BCUT2D eigenvalue weighted by atomic mass is 10.1. The molecule has 0 bridgehead atoms. The van der Waals surface area contributed by atoms with Gasteiger partial charge in [0.15, 0.2) is 0 Å². The van der Waals surface area contributed by atoms with Crippen LogP contribution in [0.25, 0.3) is 0 Å². The number of hydrogen-bond acceptors (Lipinski definition) is 3. The number of rotatable bonds is 2. The molecule has 14 heavy (non-hydrogen) atoms. The van der Waals surface area contributed by atoms with Crippen LogP contribution in [0.4, 0.5) is 0 Å². The fraction of sp³-hybridized carbons (Fsp3) is 0.100. The molecular weight excluding hydrogens is 198 g/mol. The van der Waals surface area contributed by atoms with Crippen LogP contribution in [0.15, 0.2) is 35.3 Å². The number of nitrogens with zero attached hydrogens (tertiary/aromatic N) is 1. The maximum Gasteiger partial charge on any atom is 0.257 e. The minimum Gasteiger partial charge on any atom is -0.286 e. The summed E-state index contributed by atoms with van der Waals surface area (Å²) in [6.07, 6.45) is 0. The maximum absolute atomic E-state index is 11.7. The molecule has 0 saturated heterocycles. The van der Waals surface area contributed by atoms with E-state index in [1.807, 2.05) is 6.07 Å². The zero-order valence-electron chi connectivity index (χ0n) is 7.27. The summed E-state index contributed by atoms with van der Waals surface area (Å²) in [6, 6.07) is 8.85. The number of benzene rings is 1. The van der Waals surface area contributed by atoms with E-state index in [4.69, 9.17) is 0 Å². The van der Waals surface area contributed by atoms with Gasteiger partial charge in [0, 0.05) is 5.56 Å². The summed E-state index contributed by atoms with van der Waals surface area (Å²) in [6.45, 7) is 0. The standard InChI is InChI=1S/C10H7NO2S/c12-8-6-14-10(11-8)9(13)7-4-2-1-3-5-7/h1-5H,6H2. The fourth-order valence-electron chi connectivity index (χ4n) is 1.14. The Kier molecular flexibility index (Phi) is 2.45. The summed E-state index contributed by atoms with van der Waals surface area (Å²) in [5.41, 5.74) is 0.577. The summed E-state index contributed by atoms with van der Waals surface area (Å²) in [5, 5.41) is 0.307. The molecule has 0 aliphatic carbocycles. The van der Waals surface area contributed by atoms with E-state index >= 15 is 0 Å². The van der Waals surface area contributed by atoms with E-state index in [0.717, 1.165) is 0 Å². The Morgan fingerprint density at radius 3 is 2.57 bits per heavy atom. The summed E-state index contributed by atoms with van der Waals surface area (Å²) in [7, 11) is 0. The molecular formula is C10H7NO2S. The molecule has 1 heterocycles. The summed E-state index contributed by atoms with van der Waals surface area (Å²) in [5.74, 6) is -0.107. The molecule has 1 aromatic rings. The third kappa shape index (κ3) is 1.75. The van der Waals surface area contributed by atoms with Gasteiger partial charge in [-0.25, -0.2) is 4.99 Å². The summed E-state index contributed by atoms with van der Waals surface area (Å²) in [4.78, 5) is 26.2. The van der Waals surface area contributed by atoms with Gasteiger partial charge in [0.25, 0.3) is 5.91 Å². The van der Waals surface area contributed by atoms with Gasteiger partial charge in [-0.05, 0) is 0 Å². The molecule has 3 nitrogen and oxygen atoms in total. The average Bonchev–Trinajstić information content (AvgIpc) is 2.65. The molecule has 1 aromatic carbocycles. The molecule has 0 atom stereocenters. The molecule has 4 heteroatoms. The Morgan fingerprint density at radius 2 is 2.00 bits per heavy atom. The predicted octanol–water partition coefficient (Wildman–Crippen LogP) is 1.54. The minimum atomic E-state index is -0.228. The van der Waals surface area contributed by atoms with Crippen molar-refractivity contribution in [3.8, 4) is 0 Å². The van der Waals surface area contributed by atoms with E-state index in [-0.39, 0.29) is 17.4 Å². The van der Waals surface area contributed by atoms with Crippen LogP contribution in [0.3, 0.4) is 0 Å². The highest BCUT2D eigenvalue weighted by Gasteiger charge is 2.22. The van der Waals surface area contributed by atoms with Crippen molar-refractivity contribution < 1.29 is 9.59 Å². The first-order valence-corrected chi connectivity index (χ1v) is 5.10. The lowest BCUT2D eigenvalue weighted by Crippen LogP contribution is -2.08. The Morgan fingerprint density at radius 1 is 1.29 bits per heavy atom. The zero-order valence-corrected chi connectivity index (χ0v) is 8.08. The van der Waals surface area contributed by atoms with Crippen molar-refractivity contribution in [2.24, 2.45) is 4.99 Å². The van der Waals surface area contributed by atoms with Crippen molar-refractivity contribution in [2.75, 3.05) is 5.75 Å². The SMILES string of the molecule is O=C1CSC(C(=O)c2ccccc2)=N1. The van der Waals surface area contributed by atoms with Crippen molar-refractivity contribution in [1.29, 1.82) is 0 Å². The highest BCUT2D eigenvalue weighted by molar-refractivity contribution is 8.16. The average molecular weight is 205 g/mol. The monoisotopic (exact) mass is 205 g/mol. The number of amides is 1. The third-order valence-corrected chi connectivity index (χ3v) is 2.73.